The van der Waals surface area contributed by atoms with Crippen molar-refractivity contribution in [2.45, 2.75) is 37.5 Å². The molecule has 0 aliphatic carbocycles. The second-order valence-electron chi connectivity index (χ2n) is 8.50. The van der Waals surface area contributed by atoms with Crippen molar-refractivity contribution in [1.82, 2.24) is 0 Å². The van der Waals surface area contributed by atoms with E-state index in [-0.39, 0.29) is 26.1 Å². The maximum absolute atomic E-state index is 13.8. The molecule has 180 valence electrons. The zero-order valence-electron chi connectivity index (χ0n) is 19.8. The summed E-state index contributed by atoms with van der Waals surface area (Å²) >= 11 is 7.03. The molecule has 5 nitrogen and oxygen atoms in total. The van der Waals surface area contributed by atoms with Crippen LogP contribution in [0.15, 0.2) is 70.5 Å². The second kappa shape index (κ2) is 9.49. The normalized spacial score (nSPS) is 11.5. The zero-order valence-corrected chi connectivity index (χ0v) is 22.2. The van der Waals surface area contributed by atoms with E-state index in [4.69, 9.17) is 17.3 Å². The van der Waals surface area contributed by atoms with Gasteiger partial charge in [0, 0.05) is 16.3 Å². The lowest BCUT2D eigenvalue weighted by Crippen LogP contribution is -2.09. The Bertz CT molecular complexity index is 1540. The maximum atomic E-state index is 13.8. The van der Waals surface area contributed by atoms with Crippen molar-refractivity contribution in [2.75, 3.05) is 11.1 Å². The maximum Gasteiger partial charge on any atom is 0.211 e. The van der Waals surface area contributed by atoms with E-state index in [1.165, 1.54) is 24.3 Å². The fraction of sp³-hybridized carbons (Fsp3) is 0.148. The highest BCUT2D eigenvalue weighted by Gasteiger charge is 2.32. The molecule has 0 saturated heterocycles. The second-order valence-corrected chi connectivity index (χ2v) is 11.8. The Morgan fingerprint density at radius 1 is 0.914 bits per heavy atom. The highest BCUT2D eigenvalue weighted by molar-refractivity contribution is 7.92. The fourth-order valence-corrected chi connectivity index (χ4v) is 7.03. The van der Waals surface area contributed by atoms with Gasteiger partial charge in [-0.05, 0) is 68.7 Å². The van der Waals surface area contributed by atoms with Crippen LogP contribution in [0, 0.1) is 27.7 Å². The minimum Gasteiger partial charge on any atom is -0.396 e. The number of aryl methyl sites for hydroxylation is 4. The van der Waals surface area contributed by atoms with E-state index in [2.05, 4.69) is 5.32 Å². The summed E-state index contributed by atoms with van der Waals surface area (Å²) in [5, 5.41) is 3.98. The van der Waals surface area contributed by atoms with Crippen LogP contribution in [0.25, 0.3) is 0 Å². The van der Waals surface area contributed by atoms with E-state index in [0.717, 1.165) is 39.3 Å². The van der Waals surface area contributed by atoms with E-state index in [0.29, 0.717) is 15.6 Å². The molecule has 1 aromatic heterocycles. The first kappa shape index (κ1) is 25.0. The Labute approximate surface area is 214 Å². The van der Waals surface area contributed by atoms with Crippen molar-refractivity contribution in [3.8, 4) is 0 Å². The molecule has 8 heteroatoms. The minimum absolute atomic E-state index is 0.0430. The number of benzene rings is 3. The van der Waals surface area contributed by atoms with Gasteiger partial charge in [-0.1, -0.05) is 53.6 Å². The highest BCUT2D eigenvalue weighted by atomic mass is 35.5. The molecule has 0 bridgehead atoms. The van der Waals surface area contributed by atoms with Gasteiger partial charge in [-0.2, -0.15) is 0 Å². The standard InChI is InChI=1S/C27H25ClN2O3S2/c1-15-8-13-21(18(4)14-15)24(31)25-22(29)26(35(32,33)20-11-9-19(28)10-12-20)27(34-25)30-23-16(2)6-5-7-17(23)3/h5-14,30H,29H2,1-4H3. The number of carbonyl (C=O) groups is 1. The Kier molecular flexibility index (Phi) is 6.77. The van der Waals surface area contributed by atoms with Gasteiger partial charge in [-0.15, -0.1) is 11.3 Å². The summed E-state index contributed by atoms with van der Waals surface area (Å²) in [7, 11) is -4.06. The van der Waals surface area contributed by atoms with E-state index < -0.39 is 9.84 Å². The summed E-state index contributed by atoms with van der Waals surface area (Å²) in [5.74, 6) is -0.313. The Hall–Kier alpha value is -3.13. The third-order valence-corrected chi connectivity index (χ3v) is 9.20. The number of sulfone groups is 1. The molecular formula is C27H25ClN2O3S2. The van der Waals surface area contributed by atoms with Crippen molar-refractivity contribution in [2.24, 2.45) is 0 Å². The summed E-state index contributed by atoms with van der Waals surface area (Å²) in [6, 6.07) is 17.2. The zero-order chi connectivity index (χ0) is 25.5. The van der Waals surface area contributed by atoms with Crippen LogP contribution in [0.3, 0.4) is 0 Å². The number of hydrogen-bond acceptors (Lipinski definition) is 6. The molecule has 0 amide bonds. The lowest BCUT2D eigenvalue weighted by molar-refractivity contribution is 0.104. The number of nitrogen functional groups attached to an aromatic ring is 1. The van der Waals surface area contributed by atoms with E-state index in [1.54, 1.807) is 6.07 Å². The van der Waals surface area contributed by atoms with Crippen LogP contribution in [0.4, 0.5) is 16.4 Å². The molecule has 3 N–H and O–H groups in total. The Morgan fingerprint density at radius 2 is 1.54 bits per heavy atom. The summed E-state index contributed by atoms with van der Waals surface area (Å²) < 4.78 is 27.5. The van der Waals surface area contributed by atoms with Gasteiger partial charge < -0.3 is 11.1 Å². The number of rotatable bonds is 6. The van der Waals surface area contributed by atoms with Crippen LogP contribution < -0.4 is 11.1 Å². The smallest absolute Gasteiger partial charge is 0.211 e. The largest absolute Gasteiger partial charge is 0.396 e. The van der Waals surface area contributed by atoms with Gasteiger partial charge in [0.15, 0.2) is 0 Å². The Morgan fingerprint density at radius 3 is 2.14 bits per heavy atom. The number of halogens is 1. The molecule has 4 aromatic rings. The number of nitrogens with two attached hydrogens (primary N) is 1. The topological polar surface area (TPSA) is 89.3 Å². The van der Waals surface area contributed by atoms with Gasteiger partial charge in [0.1, 0.15) is 14.8 Å². The Balaban J connectivity index is 1.93. The molecule has 3 aromatic carbocycles. The van der Waals surface area contributed by atoms with E-state index in [1.807, 2.05) is 58.0 Å². The predicted molar refractivity (Wildman–Crippen MR) is 144 cm³/mol. The number of anilines is 3. The average molecular weight is 525 g/mol. The summed E-state index contributed by atoms with van der Waals surface area (Å²) in [6.45, 7) is 7.66. The first-order valence-corrected chi connectivity index (χ1v) is 13.6. The first-order chi connectivity index (χ1) is 16.5. The van der Waals surface area contributed by atoms with Crippen molar-refractivity contribution < 1.29 is 13.2 Å². The molecule has 0 unspecified atom stereocenters. The van der Waals surface area contributed by atoms with Crippen LogP contribution in [0.5, 0.6) is 0 Å². The molecule has 35 heavy (non-hydrogen) atoms. The van der Waals surface area contributed by atoms with Crippen LogP contribution in [0.1, 0.15) is 37.5 Å². The summed E-state index contributed by atoms with van der Waals surface area (Å²) in [4.78, 5) is 13.7. The third kappa shape index (κ3) is 4.72. The van der Waals surface area contributed by atoms with Gasteiger partial charge in [-0.3, -0.25) is 4.79 Å². The third-order valence-electron chi connectivity index (χ3n) is 5.84. The lowest BCUT2D eigenvalue weighted by atomic mass is 10.0. The number of nitrogens with one attached hydrogen (secondary N) is 1. The average Bonchev–Trinajstić information content (AvgIpc) is 3.13. The summed E-state index contributed by atoms with van der Waals surface area (Å²) in [5.41, 5.74) is 11.3. The molecule has 0 fully saturated rings. The molecule has 0 radical (unpaired) electrons. The van der Waals surface area contributed by atoms with Gasteiger partial charge in [0.2, 0.25) is 15.6 Å². The SMILES string of the molecule is Cc1ccc(C(=O)c2sc(Nc3c(C)cccc3C)c(S(=O)(=O)c3ccc(Cl)cc3)c2N)c(C)c1. The first-order valence-electron chi connectivity index (χ1n) is 10.9. The minimum atomic E-state index is -4.06. The number of para-hydroxylation sites is 1. The quantitative estimate of drug-likeness (QED) is 0.264. The molecule has 0 spiro atoms. The van der Waals surface area contributed by atoms with Gasteiger partial charge in [-0.25, -0.2) is 8.42 Å². The molecule has 0 aliphatic rings. The monoisotopic (exact) mass is 524 g/mol. The molecule has 0 saturated carbocycles. The van der Waals surface area contributed by atoms with Crippen molar-refractivity contribution in [3.05, 3.63) is 98.4 Å². The van der Waals surface area contributed by atoms with Crippen molar-refractivity contribution in [1.29, 1.82) is 0 Å². The van der Waals surface area contributed by atoms with Crippen LogP contribution in [0.2, 0.25) is 5.02 Å². The van der Waals surface area contributed by atoms with Crippen LogP contribution in [-0.4, -0.2) is 14.2 Å². The van der Waals surface area contributed by atoms with E-state index >= 15 is 0 Å². The van der Waals surface area contributed by atoms with Crippen LogP contribution >= 0.6 is 22.9 Å². The van der Waals surface area contributed by atoms with Gasteiger partial charge >= 0.3 is 0 Å². The number of ketones is 1. The number of hydrogen-bond donors (Lipinski definition) is 2. The highest BCUT2D eigenvalue weighted by Crippen LogP contribution is 2.45. The van der Waals surface area contributed by atoms with Gasteiger partial charge in [0.25, 0.3) is 0 Å². The van der Waals surface area contributed by atoms with Gasteiger partial charge in [0.05, 0.1) is 10.6 Å². The van der Waals surface area contributed by atoms with Crippen molar-refractivity contribution >= 4 is 54.9 Å². The molecule has 4 rings (SSSR count). The number of thiophene rings is 1. The molecule has 0 atom stereocenters. The molecular weight excluding hydrogens is 500 g/mol. The van der Waals surface area contributed by atoms with Crippen molar-refractivity contribution in [3.63, 3.8) is 0 Å². The molecule has 1 heterocycles. The lowest BCUT2D eigenvalue weighted by Gasteiger charge is -2.13. The predicted octanol–water partition coefficient (Wildman–Crippen LogP) is 7.02. The van der Waals surface area contributed by atoms with E-state index in [9.17, 15) is 13.2 Å². The summed E-state index contributed by atoms with van der Waals surface area (Å²) in [6.07, 6.45) is 0. The van der Waals surface area contributed by atoms with Crippen LogP contribution in [-0.2, 0) is 9.84 Å². The molecule has 0 aliphatic heterocycles. The fourth-order valence-electron chi connectivity index (χ4n) is 3.99. The number of carbonyl (C=O) groups excluding carboxylic acids is 1.